The van der Waals surface area contributed by atoms with Crippen LogP contribution in [-0.4, -0.2) is 30.3 Å². The van der Waals surface area contributed by atoms with Crippen molar-refractivity contribution in [2.75, 3.05) is 5.32 Å². The summed E-state index contributed by atoms with van der Waals surface area (Å²) in [6.45, 7) is 1.47. The smallest absolute Gasteiger partial charge is 0.339 e. The number of aromatic carboxylic acids is 1. The number of nitrogens with one attached hydrogen (secondary N) is 1. The van der Waals surface area contributed by atoms with Crippen LogP contribution in [0.15, 0.2) is 77.2 Å². The number of carbonyl (C=O) groups is 2. The largest absolute Gasteiger partial charge is 0.478 e. The number of hydrogen-bond donors (Lipinski definition) is 2. The average Bonchev–Trinajstić information content (AvgIpc) is 2.83. The van der Waals surface area contributed by atoms with Gasteiger partial charge in [0, 0.05) is 11.6 Å². The molecule has 0 bridgehead atoms. The van der Waals surface area contributed by atoms with Gasteiger partial charge >= 0.3 is 16.1 Å². The fourth-order valence-corrected chi connectivity index (χ4v) is 3.97. The lowest BCUT2D eigenvalue weighted by molar-refractivity contribution is -0.385. The van der Waals surface area contributed by atoms with Crippen LogP contribution in [-0.2, 0) is 14.9 Å². The molecule has 3 rings (SSSR count). The van der Waals surface area contributed by atoms with Gasteiger partial charge in [0.15, 0.2) is 0 Å². The van der Waals surface area contributed by atoms with Crippen LogP contribution >= 0.6 is 0 Å². The van der Waals surface area contributed by atoms with Gasteiger partial charge in [0.25, 0.3) is 11.6 Å². The lowest BCUT2D eigenvalue weighted by atomic mass is 10.1. The summed E-state index contributed by atoms with van der Waals surface area (Å²) in [6.07, 6.45) is 1.22. The third kappa shape index (κ3) is 5.91. The Morgan fingerprint density at radius 3 is 2.39 bits per heavy atom. The molecule has 0 aliphatic carbocycles. The van der Waals surface area contributed by atoms with Gasteiger partial charge in [-0.2, -0.15) is 13.7 Å². The number of nitrogens with zero attached hydrogens (tertiary/aromatic N) is 2. The van der Waals surface area contributed by atoms with E-state index in [2.05, 4.69) is 5.32 Å². The molecule has 0 aliphatic heterocycles. The van der Waals surface area contributed by atoms with Crippen molar-refractivity contribution in [3.63, 3.8) is 0 Å². The zero-order valence-electron chi connectivity index (χ0n) is 18.5. The Labute approximate surface area is 205 Å². The van der Waals surface area contributed by atoms with Crippen molar-refractivity contribution in [1.29, 1.82) is 5.26 Å². The Bertz CT molecular complexity index is 1540. The Morgan fingerprint density at radius 2 is 1.78 bits per heavy atom. The zero-order valence-corrected chi connectivity index (χ0v) is 19.4. The number of nitro benzene ring substituents is 1. The number of para-hydroxylation sites is 1. The molecule has 0 saturated carbocycles. The highest BCUT2D eigenvalue weighted by molar-refractivity contribution is 7.87. The first-order valence-corrected chi connectivity index (χ1v) is 11.5. The quantitative estimate of drug-likeness (QED) is 0.150. The number of nitro groups is 1. The van der Waals surface area contributed by atoms with Crippen LogP contribution in [0.3, 0.4) is 0 Å². The highest BCUT2D eigenvalue weighted by Crippen LogP contribution is 2.25. The van der Waals surface area contributed by atoms with E-state index in [4.69, 9.17) is 4.18 Å². The van der Waals surface area contributed by atoms with Crippen molar-refractivity contribution in [3.8, 4) is 11.8 Å². The summed E-state index contributed by atoms with van der Waals surface area (Å²) >= 11 is 0. The summed E-state index contributed by atoms with van der Waals surface area (Å²) in [5, 5.41) is 32.1. The summed E-state index contributed by atoms with van der Waals surface area (Å²) < 4.78 is 30.1. The molecule has 0 spiro atoms. The van der Waals surface area contributed by atoms with Crippen molar-refractivity contribution >= 4 is 39.4 Å². The number of hydrogen-bond acceptors (Lipinski definition) is 8. The minimum absolute atomic E-state index is 0.0152. The Hall–Kier alpha value is -5.02. The molecule has 0 atom stereocenters. The van der Waals surface area contributed by atoms with Gasteiger partial charge in [0.05, 0.1) is 16.2 Å². The maximum Gasteiger partial charge on any atom is 0.339 e. The lowest BCUT2D eigenvalue weighted by Crippen LogP contribution is -2.16. The molecule has 0 fully saturated rings. The summed E-state index contributed by atoms with van der Waals surface area (Å²) in [6, 6.07) is 16.1. The van der Waals surface area contributed by atoms with Gasteiger partial charge in [-0.3, -0.25) is 14.9 Å². The van der Waals surface area contributed by atoms with Crippen molar-refractivity contribution < 1.29 is 32.2 Å². The van der Waals surface area contributed by atoms with Gasteiger partial charge in [-0.05, 0) is 48.9 Å². The fraction of sp³-hybridized carbons (Fsp3) is 0.0417. The van der Waals surface area contributed by atoms with Crippen molar-refractivity contribution in [2.45, 2.75) is 11.8 Å². The normalized spacial score (nSPS) is 11.3. The van der Waals surface area contributed by atoms with Crippen molar-refractivity contribution in [1.82, 2.24) is 0 Å². The Balaban J connectivity index is 1.79. The van der Waals surface area contributed by atoms with Gasteiger partial charge in [0.2, 0.25) is 0 Å². The van der Waals surface area contributed by atoms with Crippen molar-refractivity contribution in [3.05, 3.63) is 99.1 Å². The molecule has 0 aliphatic rings. The molecule has 0 heterocycles. The molecule has 0 saturated heterocycles. The average molecular weight is 507 g/mol. The number of anilines is 1. The molecule has 2 N–H and O–H groups in total. The van der Waals surface area contributed by atoms with Gasteiger partial charge in [-0.15, -0.1) is 0 Å². The zero-order chi connectivity index (χ0) is 26.5. The number of carboxylic acid groups (broad SMARTS) is 1. The summed E-state index contributed by atoms with van der Waals surface area (Å²) in [7, 11) is -4.37. The third-order valence-electron chi connectivity index (χ3n) is 4.83. The summed E-state index contributed by atoms with van der Waals surface area (Å²) in [4.78, 5) is 33.8. The Kier molecular flexibility index (Phi) is 7.46. The topological polar surface area (TPSA) is 177 Å². The van der Waals surface area contributed by atoms with E-state index in [0.717, 1.165) is 6.07 Å². The summed E-state index contributed by atoms with van der Waals surface area (Å²) in [5.74, 6) is -2.19. The van der Waals surface area contributed by atoms with Gasteiger partial charge < -0.3 is 14.6 Å². The molecule has 36 heavy (non-hydrogen) atoms. The molecule has 12 heteroatoms. The number of carboxylic acids is 1. The van der Waals surface area contributed by atoms with E-state index >= 15 is 0 Å². The first kappa shape index (κ1) is 25.6. The first-order chi connectivity index (χ1) is 17.0. The van der Waals surface area contributed by atoms with Crippen LogP contribution in [0.5, 0.6) is 5.75 Å². The molecule has 0 aromatic heterocycles. The van der Waals surface area contributed by atoms with E-state index in [-0.39, 0.29) is 28.3 Å². The van der Waals surface area contributed by atoms with E-state index in [1.165, 1.54) is 73.7 Å². The minimum Gasteiger partial charge on any atom is -0.478 e. The maximum atomic E-state index is 12.5. The second-order valence-corrected chi connectivity index (χ2v) is 8.83. The number of rotatable bonds is 8. The third-order valence-corrected chi connectivity index (χ3v) is 6.08. The van der Waals surface area contributed by atoms with Crippen LogP contribution in [0.1, 0.15) is 21.5 Å². The second kappa shape index (κ2) is 10.5. The van der Waals surface area contributed by atoms with Crippen LogP contribution in [0.4, 0.5) is 11.4 Å². The molecular weight excluding hydrogens is 490 g/mol. The number of nitriles is 1. The van der Waals surface area contributed by atoms with E-state index in [1.54, 1.807) is 6.07 Å². The first-order valence-electron chi connectivity index (χ1n) is 10.1. The van der Waals surface area contributed by atoms with E-state index < -0.39 is 31.8 Å². The number of amides is 1. The monoisotopic (exact) mass is 507 g/mol. The highest BCUT2D eigenvalue weighted by atomic mass is 32.2. The number of benzene rings is 3. The van der Waals surface area contributed by atoms with Crippen LogP contribution in [0, 0.1) is 28.4 Å². The van der Waals surface area contributed by atoms with Crippen molar-refractivity contribution in [2.24, 2.45) is 0 Å². The van der Waals surface area contributed by atoms with Crippen LogP contribution in [0.25, 0.3) is 6.08 Å². The fourth-order valence-electron chi connectivity index (χ4n) is 3.02. The number of aryl methyl sites for hydroxylation is 1. The SMILES string of the molecule is Cc1ccc(S(=O)(=O)Oc2ccc(/C=C(\C#N)C(=O)Nc3ccccc3C(=O)O)cc2)cc1[N+](=O)[O-]. The summed E-state index contributed by atoms with van der Waals surface area (Å²) in [5.41, 5.74) is -0.189. The Morgan fingerprint density at radius 1 is 1.11 bits per heavy atom. The molecule has 0 radical (unpaired) electrons. The maximum absolute atomic E-state index is 12.5. The van der Waals surface area contributed by atoms with Gasteiger partial charge in [-0.1, -0.05) is 30.3 Å². The predicted molar refractivity (Wildman–Crippen MR) is 128 cm³/mol. The van der Waals surface area contributed by atoms with Crippen LogP contribution in [0.2, 0.25) is 0 Å². The minimum atomic E-state index is -4.37. The molecule has 11 nitrogen and oxygen atoms in total. The predicted octanol–water partition coefficient (Wildman–Crippen LogP) is 3.91. The standard InChI is InChI=1S/C24H17N3O8S/c1-15-6-11-19(13-22(15)27(31)32)36(33,34)35-18-9-7-16(8-10-18)12-17(14-25)23(28)26-21-5-3-2-4-20(21)24(29)30/h2-13H,1H3,(H,26,28)(H,29,30)/b17-12+. The van der Waals surface area contributed by atoms with E-state index in [9.17, 15) is 38.5 Å². The number of carbonyl (C=O) groups excluding carboxylic acids is 1. The highest BCUT2D eigenvalue weighted by Gasteiger charge is 2.22. The molecule has 3 aromatic rings. The van der Waals surface area contributed by atoms with E-state index in [1.807, 2.05) is 0 Å². The second-order valence-electron chi connectivity index (χ2n) is 7.29. The van der Waals surface area contributed by atoms with E-state index in [0.29, 0.717) is 11.1 Å². The molecular formula is C24H17N3O8S. The molecule has 0 unspecified atom stereocenters. The van der Waals surface area contributed by atoms with Gasteiger partial charge in [-0.25, -0.2) is 4.79 Å². The molecule has 3 aromatic carbocycles. The van der Waals surface area contributed by atoms with Gasteiger partial charge in [0.1, 0.15) is 22.3 Å². The van der Waals surface area contributed by atoms with Crippen LogP contribution < -0.4 is 9.50 Å². The lowest BCUT2D eigenvalue weighted by Gasteiger charge is -2.09. The molecule has 1 amide bonds. The molecule has 182 valence electrons.